The fraction of sp³-hybridized carbons (Fsp3) is 0.348. The van der Waals surface area contributed by atoms with Gasteiger partial charge in [0.05, 0.1) is 0 Å². The van der Waals surface area contributed by atoms with Crippen molar-refractivity contribution in [3.63, 3.8) is 0 Å². The first-order chi connectivity index (χ1) is 15.8. The molecule has 2 aliphatic heterocycles. The third kappa shape index (κ3) is 4.70. The number of urea groups is 1. The highest BCUT2D eigenvalue weighted by Crippen LogP contribution is 2.35. The van der Waals surface area contributed by atoms with Gasteiger partial charge < -0.3 is 30.0 Å². The van der Waals surface area contributed by atoms with Crippen LogP contribution in [0.25, 0.3) is 0 Å². The second-order valence-electron chi connectivity index (χ2n) is 8.10. The van der Waals surface area contributed by atoms with E-state index < -0.39 is 36.0 Å². The quantitative estimate of drug-likeness (QED) is 0.508. The van der Waals surface area contributed by atoms with Gasteiger partial charge in [0.15, 0.2) is 11.5 Å². The SMILES string of the molecule is Cc1ccc(C2(C)NC(=O)N(CC(=O)NCC(O)COc3ccc4c(c3)OCO4)C2=O)cc1. The smallest absolute Gasteiger partial charge is 0.325 e. The molecule has 33 heavy (non-hydrogen) atoms. The fourth-order valence-electron chi connectivity index (χ4n) is 3.57. The molecule has 10 nitrogen and oxygen atoms in total. The summed E-state index contributed by atoms with van der Waals surface area (Å²) in [5.41, 5.74) is 0.408. The van der Waals surface area contributed by atoms with Crippen molar-refractivity contribution in [3.05, 3.63) is 53.6 Å². The maximum atomic E-state index is 12.9. The third-order valence-corrected chi connectivity index (χ3v) is 5.53. The van der Waals surface area contributed by atoms with Gasteiger partial charge in [-0.3, -0.25) is 14.5 Å². The highest BCUT2D eigenvalue weighted by molar-refractivity contribution is 6.09. The topological polar surface area (TPSA) is 126 Å². The summed E-state index contributed by atoms with van der Waals surface area (Å²) in [6.45, 7) is 3.03. The number of ether oxygens (including phenoxy) is 3. The predicted octanol–water partition coefficient (Wildman–Crippen LogP) is 1.05. The molecule has 2 aromatic carbocycles. The minimum atomic E-state index is -1.25. The number of aryl methyl sites for hydroxylation is 1. The summed E-state index contributed by atoms with van der Waals surface area (Å²) in [6, 6.07) is 11.6. The average molecular weight is 455 g/mol. The second-order valence-corrected chi connectivity index (χ2v) is 8.10. The summed E-state index contributed by atoms with van der Waals surface area (Å²) in [5, 5.41) is 15.3. The molecule has 0 aromatic heterocycles. The third-order valence-electron chi connectivity index (χ3n) is 5.53. The number of amides is 4. The summed E-state index contributed by atoms with van der Waals surface area (Å²) in [7, 11) is 0. The van der Waals surface area contributed by atoms with Crippen LogP contribution in [0.4, 0.5) is 4.79 Å². The maximum absolute atomic E-state index is 12.9. The first-order valence-electron chi connectivity index (χ1n) is 10.4. The van der Waals surface area contributed by atoms with Crippen molar-refractivity contribution in [1.29, 1.82) is 0 Å². The molecule has 0 aliphatic carbocycles. The van der Waals surface area contributed by atoms with E-state index in [-0.39, 0.29) is 19.9 Å². The largest absolute Gasteiger partial charge is 0.491 e. The van der Waals surface area contributed by atoms with Crippen LogP contribution in [0.1, 0.15) is 18.1 Å². The number of carbonyl (C=O) groups is 3. The molecule has 2 unspecified atom stereocenters. The number of imide groups is 1. The zero-order valence-electron chi connectivity index (χ0n) is 18.3. The van der Waals surface area contributed by atoms with Crippen LogP contribution in [0.15, 0.2) is 42.5 Å². The number of fused-ring (bicyclic) bond motifs is 1. The molecule has 10 heteroatoms. The van der Waals surface area contributed by atoms with Crippen molar-refractivity contribution in [2.45, 2.75) is 25.5 Å². The summed E-state index contributed by atoms with van der Waals surface area (Å²) in [5.74, 6) is 0.571. The zero-order chi connectivity index (χ0) is 23.6. The van der Waals surface area contributed by atoms with E-state index >= 15 is 0 Å². The molecule has 4 amide bonds. The van der Waals surface area contributed by atoms with Gasteiger partial charge in [0.1, 0.15) is 30.5 Å². The second kappa shape index (κ2) is 8.99. The van der Waals surface area contributed by atoms with Gasteiger partial charge in [0.2, 0.25) is 12.7 Å². The van der Waals surface area contributed by atoms with Crippen molar-refractivity contribution in [2.75, 3.05) is 26.5 Å². The monoisotopic (exact) mass is 455 g/mol. The summed E-state index contributed by atoms with van der Waals surface area (Å²) in [6.07, 6.45) is -1.000. The van der Waals surface area contributed by atoms with E-state index in [1.54, 1.807) is 37.3 Å². The van der Waals surface area contributed by atoms with Crippen molar-refractivity contribution in [3.8, 4) is 17.2 Å². The van der Waals surface area contributed by atoms with E-state index in [0.29, 0.717) is 22.8 Å². The number of nitrogens with zero attached hydrogens (tertiary/aromatic N) is 1. The van der Waals surface area contributed by atoms with Crippen molar-refractivity contribution in [1.82, 2.24) is 15.5 Å². The lowest BCUT2D eigenvalue weighted by Crippen LogP contribution is -2.45. The molecule has 2 atom stereocenters. The molecule has 2 heterocycles. The number of aliphatic hydroxyl groups is 1. The number of benzene rings is 2. The summed E-state index contributed by atoms with van der Waals surface area (Å²) in [4.78, 5) is 38.5. The Labute approximate surface area is 190 Å². The van der Waals surface area contributed by atoms with Crippen LogP contribution in [0.5, 0.6) is 17.2 Å². The van der Waals surface area contributed by atoms with Crippen LogP contribution in [-0.4, -0.2) is 60.4 Å². The minimum absolute atomic E-state index is 0.0749. The Morgan fingerprint density at radius 2 is 1.94 bits per heavy atom. The Bertz CT molecular complexity index is 1070. The van der Waals surface area contributed by atoms with E-state index in [0.717, 1.165) is 10.5 Å². The van der Waals surface area contributed by atoms with Crippen LogP contribution >= 0.6 is 0 Å². The lowest BCUT2D eigenvalue weighted by molar-refractivity contribution is -0.134. The fourth-order valence-corrected chi connectivity index (χ4v) is 3.57. The van der Waals surface area contributed by atoms with Crippen molar-refractivity contribution >= 4 is 17.8 Å². The molecule has 2 aliphatic rings. The Hall–Kier alpha value is -3.79. The normalized spacial score (nSPS) is 19.9. The van der Waals surface area contributed by atoms with Crippen LogP contribution in [0.3, 0.4) is 0 Å². The number of hydrogen-bond acceptors (Lipinski definition) is 7. The molecule has 0 bridgehead atoms. The molecule has 3 N–H and O–H groups in total. The number of carbonyl (C=O) groups excluding carboxylic acids is 3. The molecule has 0 saturated carbocycles. The number of hydrogen-bond donors (Lipinski definition) is 3. The first-order valence-corrected chi connectivity index (χ1v) is 10.4. The molecule has 0 spiro atoms. The van der Waals surface area contributed by atoms with Crippen molar-refractivity contribution < 1.29 is 33.7 Å². The van der Waals surface area contributed by atoms with Gasteiger partial charge in [-0.15, -0.1) is 0 Å². The first kappa shape index (κ1) is 22.4. The van der Waals surface area contributed by atoms with E-state index in [1.807, 2.05) is 19.1 Å². The molecular weight excluding hydrogens is 430 g/mol. The maximum Gasteiger partial charge on any atom is 0.325 e. The van der Waals surface area contributed by atoms with E-state index in [9.17, 15) is 19.5 Å². The van der Waals surface area contributed by atoms with Crippen LogP contribution in [0, 0.1) is 6.92 Å². The van der Waals surface area contributed by atoms with Crippen LogP contribution < -0.4 is 24.8 Å². The van der Waals surface area contributed by atoms with E-state index in [1.165, 1.54) is 0 Å². The molecule has 4 rings (SSSR count). The lowest BCUT2D eigenvalue weighted by Gasteiger charge is -2.22. The van der Waals surface area contributed by atoms with Crippen molar-refractivity contribution in [2.24, 2.45) is 0 Å². The molecule has 174 valence electrons. The highest BCUT2D eigenvalue weighted by atomic mass is 16.7. The Balaban J connectivity index is 1.26. The number of nitrogens with one attached hydrogen (secondary N) is 2. The Morgan fingerprint density at radius 3 is 2.70 bits per heavy atom. The average Bonchev–Trinajstić information content (AvgIpc) is 3.35. The van der Waals surface area contributed by atoms with Gasteiger partial charge in [-0.05, 0) is 31.5 Å². The molecule has 0 radical (unpaired) electrons. The van der Waals surface area contributed by atoms with Gasteiger partial charge in [-0.25, -0.2) is 4.79 Å². The van der Waals surface area contributed by atoms with Crippen LogP contribution in [-0.2, 0) is 15.1 Å². The summed E-state index contributed by atoms with van der Waals surface area (Å²) >= 11 is 0. The van der Waals surface area contributed by atoms with Gasteiger partial charge >= 0.3 is 6.03 Å². The summed E-state index contributed by atoms with van der Waals surface area (Å²) < 4.78 is 16.0. The number of rotatable bonds is 8. The van der Waals surface area contributed by atoms with Gasteiger partial charge in [0.25, 0.3) is 5.91 Å². The Kier molecular flexibility index (Phi) is 6.10. The van der Waals surface area contributed by atoms with E-state index in [4.69, 9.17) is 14.2 Å². The minimum Gasteiger partial charge on any atom is -0.491 e. The van der Waals surface area contributed by atoms with Gasteiger partial charge in [-0.1, -0.05) is 29.8 Å². The van der Waals surface area contributed by atoms with Gasteiger partial charge in [0, 0.05) is 12.6 Å². The standard InChI is InChI=1S/C23H25N3O7/c1-14-3-5-15(6-4-14)23(2)21(29)26(22(30)25-23)11-20(28)24-10-16(27)12-31-17-7-8-18-19(9-17)33-13-32-18/h3-9,16,27H,10-13H2,1-2H3,(H,24,28)(H,25,30). The highest BCUT2D eigenvalue weighted by Gasteiger charge is 2.49. The van der Waals surface area contributed by atoms with Crippen LogP contribution in [0.2, 0.25) is 0 Å². The predicted molar refractivity (Wildman–Crippen MR) is 116 cm³/mol. The van der Waals surface area contributed by atoms with Gasteiger partial charge in [-0.2, -0.15) is 0 Å². The molecule has 1 saturated heterocycles. The number of aliphatic hydroxyl groups excluding tert-OH is 1. The lowest BCUT2D eigenvalue weighted by atomic mass is 9.91. The molecule has 2 aromatic rings. The zero-order valence-corrected chi connectivity index (χ0v) is 18.3. The molecular formula is C23H25N3O7. The van der Waals surface area contributed by atoms with E-state index in [2.05, 4.69) is 10.6 Å². The Morgan fingerprint density at radius 1 is 1.21 bits per heavy atom. The molecule has 1 fully saturated rings.